The molecule has 0 N–H and O–H groups in total. The van der Waals surface area contributed by atoms with Crippen molar-refractivity contribution >= 4 is 5.90 Å². The van der Waals surface area contributed by atoms with Crippen LogP contribution in [-0.4, -0.2) is 18.0 Å². The van der Waals surface area contributed by atoms with Crippen molar-refractivity contribution in [1.29, 1.82) is 0 Å². The second kappa shape index (κ2) is 21.7. The molecule has 0 aliphatic carbocycles. The minimum atomic E-state index is -0.0115. The van der Waals surface area contributed by atoms with E-state index in [2.05, 4.69) is 27.7 Å². The molecule has 1 unspecified atom stereocenters. The molecule has 34 heavy (non-hydrogen) atoms. The first kappa shape index (κ1) is 31.5. The third-order valence-corrected chi connectivity index (χ3v) is 7.65. The molecule has 0 amide bonds. The van der Waals surface area contributed by atoms with Gasteiger partial charge < -0.3 is 4.74 Å². The van der Waals surface area contributed by atoms with E-state index < -0.39 is 0 Å². The van der Waals surface area contributed by atoms with Gasteiger partial charge in [0.2, 0.25) is 0 Å². The van der Waals surface area contributed by atoms with E-state index in [-0.39, 0.29) is 5.54 Å². The van der Waals surface area contributed by atoms with Crippen LogP contribution < -0.4 is 0 Å². The average Bonchev–Trinajstić information content (AvgIpc) is 3.19. The Morgan fingerprint density at radius 3 is 1.18 bits per heavy atom. The van der Waals surface area contributed by atoms with E-state index in [0.717, 1.165) is 12.5 Å². The van der Waals surface area contributed by atoms with Crippen molar-refractivity contribution in [2.24, 2.45) is 10.9 Å². The Morgan fingerprint density at radius 1 is 0.559 bits per heavy atom. The Kier molecular flexibility index (Phi) is 20.1. The van der Waals surface area contributed by atoms with Gasteiger partial charge in [-0.25, -0.2) is 4.99 Å². The predicted octanol–water partition coefficient (Wildman–Crippen LogP) is 11.2. The van der Waals surface area contributed by atoms with E-state index in [0.29, 0.717) is 5.92 Å². The van der Waals surface area contributed by atoms with Gasteiger partial charge in [0, 0.05) is 5.92 Å². The van der Waals surface area contributed by atoms with Gasteiger partial charge in [-0.2, -0.15) is 0 Å². The van der Waals surface area contributed by atoms with Gasteiger partial charge in [-0.3, -0.25) is 0 Å². The van der Waals surface area contributed by atoms with Gasteiger partial charge >= 0.3 is 0 Å². The third-order valence-electron chi connectivity index (χ3n) is 7.65. The highest BCUT2D eigenvalue weighted by atomic mass is 16.5. The molecule has 0 aromatic heterocycles. The maximum Gasteiger partial charge on any atom is 0.187 e. The lowest BCUT2D eigenvalue weighted by Gasteiger charge is -2.16. The highest BCUT2D eigenvalue weighted by Crippen LogP contribution is 2.27. The van der Waals surface area contributed by atoms with Crippen molar-refractivity contribution in [2.75, 3.05) is 6.61 Å². The van der Waals surface area contributed by atoms with Crippen LogP contribution in [0.3, 0.4) is 0 Å². The average molecular weight is 478 g/mol. The summed E-state index contributed by atoms with van der Waals surface area (Å²) in [5.41, 5.74) is -0.0115. The topological polar surface area (TPSA) is 21.6 Å². The van der Waals surface area contributed by atoms with E-state index in [1.165, 1.54) is 154 Å². The lowest BCUT2D eigenvalue weighted by Crippen LogP contribution is -2.17. The summed E-state index contributed by atoms with van der Waals surface area (Å²) >= 11 is 0. The normalized spacial score (nSPS) is 15.9. The van der Waals surface area contributed by atoms with E-state index in [1.54, 1.807) is 0 Å². The molecule has 1 heterocycles. The van der Waals surface area contributed by atoms with Gasteiger partial charge in [0.05, 0.1) is 5.54 Å². The van der Waals surface area contributed by atoms with E-state index in [4.69, 9.17) is 9.73 Å². The Labute approximate surface area is 215 Å². The van der Waals surface area contributed by atoms with Gasteiger partial charge in [0.15, 0.2) is 5.90 Å². The number of unbranched alkanes of at least 4 members (excludes halogenated alkanes) is 20. The molecule has 1 atom stereocenters. The van der Waals surface area contributed by atoms with Gasteiger partial charge in [-0.1, -0.05) is 155 Å². The maximum absolute atomic E-state index is 6.07. The molecule has 0 fully saturated rings. The summed E-state index contributed by atoms with van der Waals surface area (Å²) in [4.78, 5) is 4.95. The Morgan fingerprint density at radius 2 is 0.882 bits per heavy atom. The Bertz CT molecular complexity index is 470. The van der Waals surface area contributed by atoms with Crippen LogP contribution in [0.1, 0.15) is 182 Å². The summed E-state index contributed by atoms with van der Waals surface area (Å²) in [6.07, 6.45) is 33.8. The summed E-state index contributed by atoms with van der Waals surface area (Å²) in [5.74, 6) is 1.65. The quantitative estimate of drug-likeness (QED) is 0.120. The van der Waals surface area contributed by atoms with Crippen LogP contribution in [0, 0.1) is 5.92 Å². The molecule has 0 saturated heterocycles. The zero-order valence-electron chi connectivity index (χ0n) is 24.1. The molecule has 202 valence electrons. The molecular formula is C32H63NO. The molecule has 0 aromatic carbocycles. The Hall–Kier alpha value is -0.530. The molecule has 0 saturated carbocycles. The number of aliphatic imine (C=N–C) groups is 1. The summed E-state index contributed by atoms with van der Waals surface area (Å²) < 4.78 is 6.07. The molecule has 0 bridgehead atoms. The van der Waals surface area contributed by atoms with Crippen LogP contribution in [0.4, 0.5) is 0 Å². The lowest BCUT2D eigenvalue weighted by atomic mass is 9.93. The van der Waals surface area contributed by atoms with Crippen molar-refractivity contribution in [2.45, 2.75) is 187 Å². The van der Waals surface area contributed by atoms with Crippen LogP contribution in [0.15, 0.2) is 4.99 Å². The van der Waals surface area contributed by atoms with E-state index in [1.807, 2.05) is 0 Å². The van der Waals surface area contributed by atoms with Gasteiger partial charge in [-0.05, 0) is 26.7 Å². The van der Waals surface area contributed by atoms with Gasteiger partial charge in [0.25, 0.3) is 0 Å². The largest absolute Gasteiger partial charge is 0.478 e. The lowest BCUT2D eigenvalue weighted by molar-refractivity contribution is 0.259. The fourth-order valence-corrected chi connectivity index (χ4v) is 5.32. The standard InChI is InChI=1S/C32H63NO/c1-5-7-9-11-13-15-16-17-18-19-20-22-24-26-28-30(31-33-32(3,4)29-34-31)27-25-23-21-14-12-10-8-6-2/h30H,5-29H2,1-4H3. The van der Waals surface area contributed by atoms with Crippen LogP contribution in [0.25, 0.3) is 0 Å². The van der Waals surface area contributed by atoms with Crippen molar-refractivity contribution in [1.82, 2.24) is 0 Å². The molecule has 0 radical (unpaired) electrons. The number of nitrogens with zero attached hydrogens (tertiary/aromatic N) is 1. The molecular weight excluding hydrogens is 414 g/mol. The van der Waals surface area contributed by atoms with Gasteiger partial charge in [0.1, 0.15) is 6.61 Å². The minimum absolute atomic E-state index is 0.0115. The maximum atomic E-state index is 6.07. The van der Waals surface area contributed by atoms with Crippen LogP contribution in [0.2, 0.25) is 0 Å². The second-order valence-electron chi connectivity index (χ2n) is 11.9. The van der Waals surface area contributed by atoms with Crippen molar-refractivity contribution in [3.05, 3.63) is 0 Å². The molecule has 0 aromatic rings. The second-order valence-corrected chi connectivity index (χ2v) is 11.9. The number of ether oxygens (including phenoxy) is 1. The smallest absolute Gasteiger partial charge is 0.187 e. The first-order chi connectivity index (χ1) is 16.6. The monoisotopic (exact) mass is 477 g/mol. The molecule has 1 rings (SSSR count). The number of rotatable bonds is 25. The molecule has 0 spiro atoms. The zero-order chi connectivity index (χ0) is 24.7. The van der Waals surface area contributed by atoms with Crippen LogP contribution in [0.5, 0.6) is 0 Å². The number of hydrogen-bond acceptors (Lipinski definition) is 2. The fraction of sp³-hybridized carbons (Fsp3) is 0.969. The first-order valence-corrected chi connectivity index (χ1v) is 15.8. The van der Waals surface area contributed by atoms with Crippen molar-refractivity contribution in [3.8, 4) is 0 Å². The Balaban J connectivity index is 2.08. The van der Waals surface area contributed by atoms with E-state index >= 15 is 0 Å². The first-order valence-electron chi connectivity index (χ1n) is 15.8. The van der Waals surface area contributed by atoms with E-state index in [9.17, 15) is 0 Å². The molecule has 1 aliphatic heterocycles. The molecule has 2 heteroatoms. The SMILES string of the molecule is CCCCCCCCCCCCCCCCC(CCCCCCCCCC)C1=NC(C)(C)CO1. The highest BCUT2D eigenvalue weighted by Gasteiger charge is 2.30. The highest BCUT2D eigenvalue weighted by molar-refractivity contribution is 5.80. The van der Waals surface area contributed by atoms with Crippen molar-refractivity contribution < 1.29 is 4.74 Å². The molecule has 1 aliphatic rings. The molecule has 2 nitrogen and oxygen atoms in total. The van der Waals surface area contributed by atoms with Gasteiger partial charge in [-0.15, -0.1) is 0 Å². The summed E-state index contributed by atoms with van der Waals surface area (Å²) in [7, 11) is 0. The zero-order valence-corrected chi connectivity index (χ0v) is 24.1. The fourth-order valence-electron chi connectivity index (χ4n) is 5.32. The third kappa shape index (κ3) is 17.8. The summed E-state index contributed by atoms with van der Waals surface area (Å²) in [6.45, 7) is 9.79. The minimum Gasteiger partial charge on any atom is -0.478 e. The number of hydrogen-bond donors (Lipinski definition) is 0. The predicted molar refractivity (Wildman–Crippen MR) is 153 cm³/mol. The summed E-state index contributed by atoms with van der Waals surface area (Å²) in [5, 5.41) is 0. The summed E-state index contributed by atoms with van der Waals surface area (Å²) in [6, 6.07) is 0. The van der Waals surface area contributed by atoms with Crippen molar-refractivity contribution in [3.63, 3.8) is 0 Å². The van der Waals surface area contributed by atoms with Crippen LogP contribution >= 0.6 is 0 Å². The van der Waals surface area contributed by atoms with Crippen LogP contribution in [-0.2, 0) is 4.74 Å².